The molecule has 0 saturated heterocycles. The fourth-order valence-corrected chi connectivity index (χ4v) is 1.39. The van der Waals surface area contributed by atoms with Crippen LogP contribution in [-0.2, 0) is 4.74 Å². The maximum absolute atomic E-state index is 8.51. The van der Waals surface area contributed by atoms with E-state index in [1.807, 2.05) is 50.5 Å². The van der Waals surface area contributed by atoms with Crippen molar-refractivity contribution >= 4 is 0 Å². The monoisotopic (exact) mass is 204 g/mol. The standard InChI is InChI=1S/C12H16N2O/c1-14(2)10-12(15-9-8-13)11-6-4-3-5-7-11/h3-7,12H,9-10H2,1-2H3. The lowest BCUT2D eigenvalue weighted by molar-refractivity contribution is 0.0560. The summed E-state index contributed by atoms with van der Waals surface area (Å²) in [6.07, 6.45) is -0.0270. The van der Waals surface area contributed by atoms with E-state index in [1.165, 1.54) is 0 Å². The lowest BCUT2D eigenvalue weighted by Crippen LogP contribution is -2.22. The van der Waals surface area contributed by atoms with E-state index >= 15 is 0 Å². The molecule has 0 radical (unpaired) electrons. The second-order valence-corrected chi connectivity index (χ2v) is 3.63. The van der Waals surface area contributed by atoms with Crippen LogP contribution in [0.15, 0.2) is 30.3 Å². The number of hydrogen-bond donors (Lipinski definition) is 0. The zero-order valence-corrected chi connectivity index (χ0v) is 9.18. The first-order valence-corrected chi connectivity index (χ1v) is 4.92. The minimum atomic E-state index is -0.0270. The quantitative estimate of drug-likeness (QED) is 0.734. The number of benzene rings is 1. The Morgan fingerprint density at radius 1 is 1.33 bits per heavy atom. The van der Waals surface area contributed by atoms with Gasteiger partial charge in [0.2, 0.25) is 0 Å². The van der Waals surface area contributed by atoms with E-state index in [0.29, 0.717) is 0 Å². The van der Waals surface area contributed by atoms with Gasteiger partial charge in [0.1, 0.15) is 6.61 Å². The maximum atomic E-state index is 8.51. The van der Waals surface area contributed by atoms with Crippen molar-refractivity contribution in [3.8, 4) is 6.07 Å². The van der Waals surface area contributed by atoms with Crippen molar-refractivity contribution in [2.24, 2.45) is 0 Å². The van der Waals surface area contributed by atoms with E-state index in [2.05, 4.69) is 4.90 Å². The molecule has 1 rings (SSSR count). The highest BCUT2D eigenvalue weighted by Gasteiger charge is 2.12. The third-order valence-electron chi connectivity index (χ3n) is 2.05. The highest BCUT2D eigenvalue weighted by atomic mass is 16.5. The largest absolute Gasteiger partial charge is 0.357 e. The molecule has 80 valence electrons. The van der Waals surface area contributed by atoms with Gasteiger partial charge in [0.25, 0.3) is 0 Å². The molecule has 1 atom stereocenters. The SMILES string of the molecule is CN(C)CC(OCC#N)c1ccccc1. The van der Waals surface area contributed by atoms with Crippen LogP contribution >= 0.6 is 0 Å². The topological polar surface area (TPSA) is 36.3 Å². The number of likely N-dealkylation sites (N-methyl/N-ethyl adjacent to an activating group) is 1. The molecule has 0 aliphatic heterocycles. The van der Waals surface area contributed by atoms with Gasteiger partial charge in [0.05, 0.1) is 12.2 Å². The molecular formula is C12H16N2O. The molecule has 0 amide bonds. The van der Waals surface area contributed by atoms with Gasteiger partial charge in [-0.3, -0.25) is 0 Å². The van der Waals surface area contributed by atoms with Gasteiger partial charge in [-0.15, -0.1) is 0 Å². The van der Waals surface area contributed by atoms with Crippen molar-refractivity contribution < 1.29 is 4.74 Å². The van der Waals surface area contributed by atoms with E-state index in [9.17, 15) is 0 Å². The second-order valence-electron chi connectivity index (χ2n) is 3.63. The maximum Gasteiger partial charge on any atom is 0.134 e. The van der Waals surface area contributed by atoms with Crippen LogP contribution in [0.3, 0.4) is 0 Å². The van der Waals surface area contributed by atoms with Crippen molar-refractivity contribution in [1.82, 2.24) is 4.90 Å². The van der Waals surface area contributed by atoms with Crippen molar-refractivity contribution in [3.05, 3.63) is 35.9 Å². The summed E-state index contributed by atoms with van der Waals surface area (Å²) < 4.78 is 5.49. The molecule has 0 aromatic heterocycles. The molecule has 0 N–H and O–H groups in total. The summed E-state index contributed by atoms with van der Waals surface area (Å²) in [7, 11) is 3.98. The molecule has 0 spiro atoms. The van der Waals surface area contributed by atoms with Gasteiger partial charge in [-0.2, -0.15) is 5.26 Å². The molecule has 1 unspecified atom stereocenters. The van der Waals surface area contributed by atoms with Crippen molar-refractivity contribution in [2.45, 2.75) is 6.10 Å². The Balaban J connectivity index is 2.68. The molecule has 3 nitrogen and oxygen atoms in total. The summed E-state index contributed by atoms with van der Waals surface area (Å²) in [6, 6.07) is 12.0. The number of nitrogens with zero attached hydrogens (tertiary/aromatic N) is 2. The van der Waals surface area contributed by atoms with Crippen LogP contribution in [0, 0.1) is 11.3 Å². The molecule has 0 saturated carbocycles. The molecule has 0 aliphatic rings. The average Bonchev–Trinajstić information content (AvgIpc) is 2.25. The summed E-state index contributed by atoms with van der Waals surface area (Å²) in [4.78, 5) is 2.05. The van der Waals surface area contributed by atoms with Crippen LogP contribution < -0.4 is 0 Å². The molecule has 3 heteroatoms. The van der Waals surface area contributed by atoms with Gasteiger partial charge in [0, 0.05) is 6.54 Å². The van der Waals surface area contributed by atoms with Gasteiger partial charge in [-0.25, -0.2) is 0 Å². The summed E-state index contributed by atoms with van der Waals surface area (Å²) in [5.74, 6) is 0. The smallest absolute Gasteiger partial charge is 0.134 e. The lowest BCUT2D eigenvalue weighted by atomic mass is 10.1. The zero-order chi connectivity index (χ0) is 11.1. The molecule has 0 heterocycles. The third-order valence-corrected chi connectivity index (χ3v) is 2.05. The predicted octanol–water partition coefficient (Wildman–Crippen LogP) is 1.83. The first kappa shape index (κ1) is 11.7. The van der Waals surface area contributed by atoms with E-state index in [0.717, 1.165) is 12.1 Å². The van der Waals surface area contributed by atoms with E-state index in [-0.39, 0.29) is 12.7 Å². The fraction of sp³-hybridized carbons (Fsp3) is 0.417. The number of hydrogen-bond acceptors (Lipinski definition) is 3. The van der Waals surface area contributed by atoms with Crippen molar-refractivity contribution in [2.75, 3.05) is 27.2 Å². The Morgan fingerprint density at radius 2 is 2.00 bits per heavy atom. The Kier molecular flexibility index (Phi) is 4.82. The minimum Gasteiger partial charge on any atom is -0.357 e. The summed E-state index contributed by atoms with van der Waals surface area (Å²) in [5, 5.41) is 8.51. The van der Waals surface area contributed by atoms with Crippen LogP contribution in [0.1, 0.15) is 11.7 Å². The lowest BCUT2D eigenvalue weighted by Gasteiger charge is -2.20. The van der Waals surface area contributed by atoms with Gasteiger partial charge in [-0.1, -0.05) is 30.3 Å². The van der Waals surface area contributed by atoms with Gasteiger partial charge in [0.15, 0.2) is 0 Å². The Hall–Kier alpha value is -1.37. The van der Waals surface area contributed by atoms with Gasteiger partial charge < -0.3 is 9.64 Å². The Bertz CT molecular complexity index is 316. The van der Waals surface area contributed by atoms with Crippen LogP contribution in [0.4, 0.5) is 0 Å². The summed E-state index contributed by atoms with van der Waals surface area (Å²) >= 11 is 0. The highest BCUT2D eigenvalue weighted by molar-refractivity contribution is 5.18. The minimum absolute atomic E-state index is 0.0270. The summed E-state index contributed by atoms with van der Waals surface area (Å²) in [6.45, 7) is 0.916. The van der Waals surface area contributed by atoms with Crippen LogP contribution in [0.25, 0.3) is 0 Å². The number of nitriles is 1. The number of ether oxygens (including phenoxy) is 1. The van der Waals surface area contributed by atoms with Crippen LogP contribution in [0.2, 0.25) is 0 Å². The van der Waals surface area contributed by atoms with E-state index in [1.54, 1.807) is 0 Å². The average molecular weight is 204 g/mol. The first-order chi connectivity index (χ1) is 7.24. The second kappa shape index (κ2) is 6.18. The van der Waals surface area contributed by atoms with Crippen LogP contribution in [0.5, 0.6) is 0 Å². The number of rotatable bonds is 5. The molecule has 0 aliphatic carbocycles. The molecule has 15 heavy (non-hydrogen) atoms. The summed E-state index contributed by atoms with van der Waals surface area (Å²) in [5.41, 5.74) is 1.11. The van der Waals surface area contributed by atoms with Gasteiger partial charge >= 0.3 is 0 Å². The zero-order valence-electron chi connectivity index (χ0n) is 9.18. The first-order valence-electron chi connectivity index (χ1n) is 4.92. The molecule has 1 aromatic carbocycles. The fourth-order valence-electron chi connectivity index (χ4n) is 1.39. The predicted molar refractivity (Wildman–Crippen MR) is 59.3 cm³/mol. The van der Waals surface area contributed by atoms with Gasteiger partial charge in [-0.05, 0) is 19.7 Å². The van der Waals surface area contributed by atoms with E-state index < -0.39 is 0 Å². The molecule has 0 bridgehead atoms. The highest BCUT2D eigenvalue weighted by Crippen LogP contribution is 2.17. The molecule has 0 fully saturated rings. The van der Waals surface area contributed by atoms with Crippen molar-refractivity contribution in [1.29, 1.82) is 5.26 Å². The molecular weight excluding hydrogens is 188 g/mol. The Labute approximate surface area is 90.9 Å². The molecule has 1 aromatic rings. The Morgan fingerprint density at radius 3 is 2.53 bits per heavy atom. The van der Waals surface area contributed by atoms with Crippen LogP contribution in [-0.4, -0.2) is 32.1 Å². The van der Waals surface area contributed by atoms with Crippen molar-refractivity contribution in [3.63, 3.8) is 0 Å². The third kappa shape index (κ3) is 4.11. The normalized spacial score (nSPS) is 12.4. The van der Waals surface area contributed by atoms with E-state index in [4.69, 9.17) is 10.00 Å².